The fraction of sp³-hybridized carbons (Fsp3) is 0.235. The Kier molecular flexibility index (Phi) is 3.87. The number of hydrogen-bond acceptors (Lipinski definition) is 3. The van der Waals surface area contributed by atoms with Crippen LogP contribution in [0.4, 0.5) is 0 Å². The van der Waals surface area contributed by atoms with Crippen molar-refractivity contribution >= 4 is 16.9 Å². The van der Waals surface area contributed by atoms with Crippen molar-refractivity contribution < 1.29 is 4.79 Å². The van der Waals surface area contributed by atoms with E-state index in [1.165, 1.54) is 0 Å². The number of aromatic nitrogens is 3. The first kappa shape index (κ1) is 14.3. The fourth-order valence-electron chi connectivity index (χ4n) is 2.51. The van der Waals surface area contributed by atoms with E-state index in [0.29, 0.717) is 5.82 Å². The number of H-pyrrole nitrogens is 1. The number of para-hydroxylation sites is 2. The maximum atomic E-state index is 12.4. The number of carbonyl (C=O) groups excluding carboxylic acids is 1. The molecule has 0 saturated heterocycles. The molecule has 0 saturated carbocycles. The Labute approximate surface area is 128 Å². The normalized spacial score (nSPS) is 12.3. The van der Waals surface area contributed by atoms with Crippen molar-refractivity contribution in [1.29, 1.82) is 0 Å². The van der Waals surface area contributed by atoms with Crippen LogP contribution in [0.5, 0.6) is 0 Å². The predicted molar refractivity (Wildman–Crippen MR) is 85.6 cm³/mol. The zero-order valence-corrected chi connectivity index (χ0v) is 12.6. The molecular formula is C17H18N4O. The van der Waals surface area contributed by atoms with Gasteiger partial charge in [0.1, 0.15) is 0 Å². The van der Waals surface area contributed by atoms with Crippen LogP contribution in [0.25, 0.3) is 11.0 Å². The first-order chi connectivity index (χ1) is 10.7. The number of benzene rings is 1. The Hall–Kier alpha value is -2.69. The molecule has 1 atom stereocenters. The van der Waals surface area contributed by atoms with Gasteiger partial charge < -0.3 is 10.3 Å². The standard InChI is InChI=1S/C17H18N4O/c1-3-12(15-11(2)7-6-10-18-15)21-17(22)16-19-13-8-4-5-9-14(13)20-16/h4-10,12H,3H2,1-2H3,(H,19,20)(H,21,22)/t12-/m0/s1. The summed E-state index contributed by atoms with van der Waals surface area (Å²) >= 11 is 0. The van der Waals surface area contributed by atoms with Crippen LogP contribution in [0.1, 0.15) is 41.3 Å². The molecule has 0 bridgehead atoms. The fourth-order valence-corrected chi connectivity index (χ4v) is 2.51. The zero-order chi connectivity index (χ0) is 15.5. The molecule has 22 heavy (non-hydrogen) atoms. The molecule has 0 aliphatic carbocycles. The number of imidazole rings is 1. The molecule has 5 nitrogen and oxygen atoms in total. The molecule has 0 fully saturated rings. The summed E-state index contributed by atoms with van der Waals surface area (Å²) in [5, 5.41) is 3.01. The van der Waals surface area contributed by atoms with Gasteiger partial charge in [0.15, 0.2) is 5.82 Å². The molecule has 2 aromatic heterocycles. The highest BCUT2D eigenvalue weighted by atomic mass is 16.2. The summed E-state index contributed by atoms with van der Waals surface area (Å²) in [6.45, 7) is 4.02. The van der Waals surface area contributed by atoms with Gasteiger partial charge in [0.25, 0.3) is 5.91 Å². The minimum atomic E-state index is -0.215. The quantitative estimate of drug-likeness (QED) is 0.776. The van der Waals surface area contributed by atoms with Crippen molar-refractivity contribution in [1.82, 2.24) is 20.3 Å². The van der Waals surface area contributed by atoms with Crippen molar-refractivity contribution in [3.63, 3.8) is 0 Å². The third-order valence-corrected chi connectivity index (χ3v) is 3.70. The molecule has 0 radical (unpaired) electrons. The van der Waals surface area contributed by atoms with E-state index < -0.39 is 0 Å². The van der Waals surface area contributed by atoms with Crippen LogP contribution in [-0.2, 0) is 0 Å². The molecule has 2 heterocycles. The molecule has 112 valence electrons. The predicted octanol–water partition coefficient (Wildman–Crippen LogP) is 3.15. The van der Waals surface area contributed by atoms with Crippen LogP contribution in [0.15, 0.2) is 42.6 Å². The smallest absolute Gasteiger partial charge is 0.287 e. The lowest BCUT2D eigenvalue weighted by Crippen LogP contribution is -2.30. The van der Waals surface area contributed by atoms with E-state index in [1.54, 1.807) is 6.20 Å². The van der Waals surface area contributed by atoms with Gasteiger partial charge in [-0.2, -0.15) is 0 Å². The molecule has 0 aliphatic rings. The maximum absolute atomic E-state index is 12.4. The summed E-state index contributed by atoms with van der Waals surface area (Å²) in [4.78, 5) is 24.2. The maximum Gasteiger partial charge on any atom is 0.287 e. The van der Waals surface area contributed by atoms with Crippen molar-refractivity contribution in [3.8, 4) is 0 Å². The van der Waals surface area contributed by atoms with E-state index >= 15 is 0 Å². The summed E-state index contributed by atoms with van der Waals surface area (Å²) in [6, 6.07) is 11.4. The van der Waals surface area contributed by atoms with Crippen molar-refractivity contribution in [2.75, 3.05) is 0 Å². The lowest BCUT2D eigenvalue weighted by atomic mass is 10.1. The number of aryl methyl sites for hydroxylation is 1. The van der Waals surface area contributed by atoms with Crippen LogP contribution < -0.4 is 5.32 Å². The van der Waals surface area contributed by atoms with E-state index in [-0.39, 0.29) is 11.9 Å². The minimum absolute atomic E-state index is 0.123. The third kappa shape index (κ3) is 2.70. The first-order valence-corrected chi connectivity index (χ1v) is 7.36. The Morgan fingerprint density at radius 3 is 2.82 bits per heavy atom. The number of rotatable bonds is 4. The highest BCUT2D eigenvalue weighted by Crippen LogP contribution is 2.18. The molecule has 0 unspecified atom stereocenters. The second-order valence-electron chi connectivity index (χ2n) is 5.24. The zero-order valence-electron chi connectivity index (χ0n) is 12.6. The van der Waals surface area contributed by atoms with E-state index in [4.69, 9.17) is 0 Å². The van der Waals surface area contributed by atoms with E-state index in [9.17, 15) is 4.79 Å². The van der Waals surface area contributed by atoms with Crippen molar-refractivity contribution in [2.24, 2.45) is 0 Å². The molecule has 1 aromatic carbocycles. The summed E-state index contributed by atoms with van der Waals surface area (Å²) in [5.41, 5.74) is 3.61. The van der Waals surface area contributed by atoms with Crippen LogP contribution in [-0.4, -0.2) is 20.9 Å². The number of amides is 1. The average molecular weight is 294 g/mol. The molecule has 5 heteroatoms. The van der Waals surface area contributed by atoms with Gasteiger partial charge in [0.2, 0.25) is 0 Å². The van der Waals surface area contributed by atoms with E-state index in [0.717, 1.165) is 28.7 Å². The van der Waals surface area contributed by atoms with Gasteiger partial charge in [0.05, 0.1) is 22.8 Å². The molecule has 2 N–H and O–H groups in total. The molecule has 3 rings (SSSR count). The van der Waals surface area contributed by atoms with Gasteiger partial charge in [-0.1, -0.05) is 25.1 Å². The highest BCUT2D eigenvalue weighted by Gasteiger charge is 2.19. The van der Waals surface area contributed by atoms with Crippen LogP contribution in [0.3, 0.4) is 0 Å². The molecule has 0 aliphatic heterocycles. The Morgan fingerprint density at radius 2 is 2.09 bits per heavy atom. The number of nitrogens with one attached hydrogen (secondary N) is 2. The topological polar surface area (TPSA) is 70.7 Å². The van der Waals surface area contributed by atoms with E-state index in [2.05, 4.69) is 20.3 Å². The SMILES string of the molecule is CC[C@H](NC(=O)c1nc2ccccc2[nH]1)c1ncccc1C. The van der Waals surface area contributed by atoms with Gasteiger partial charge in [-0.3, -0.25) is 9.78 Å². The number of aromatic amines is 1. The van der Waals surface area contributed by atoms with Crippen molar-refractivity contribution in [2.45, 2.75) is 26.3 Å². The van der Waals surface area contributed by atoms with Crippen LogP contribution in [0.2, 0.25) is 0 Å². The van der Waals surface area contributed by atoms with Crippen molar-refractivity contribution in [3.05, 3.63) is 59.7 Å². The number of carbonyl (C=O) groups is 1. The number of fused-ring (bicyclic) bond motifs is 1. The summed E-state index contributed by atoms with van der Waals surface area (Å²) < 4.78 is 0. The Morgan fingerprint density at radius 1 is 1.27 bits per heavy atom. The van der Waals surface area contributed by atoms with Gasteiger partial charge in [-0.15, -0.1) is 0 Å². The summed E-state index contributed by atoms with van der Waals surface area (Å²) in [5.74, 6) is 0.112. The molecule has 3 aromatic rings. The largest absolute Gasteiger partial charge is 0.341 e. The van der Waals surface area contributed by atoms with Gasteiger partial charge in [-0.25, -0.2) is 4.98 Å². The molecule has 1 amide bonds. The molecular weight excluding hydrogens is 276 g/mol. The Balaban J connectivity index is 1.84. The van der Waals surface area contributed by atoms with E-state index in [1.807, 2.05) is 50.2 Å². The highest BCUT2D eigenvalue weighted by molar-refractivity contribution is 5.94. The lowest BCUT2D eigenvalue weighted by molar-refractivity contribution is 0.0925. The lowest BCUT2D eigenvalue weighted by Gasteiger charge is -2.17. The summed E-state index contributed by atoms with van der Waals surface area (Å²) in [7, 11) is 0. The summed E-state index contributed by atoms with van der Waals surface area (Å²) in [6.07, 6.45) is 2.52. The minimum Gasteiger partial charge on any atom is -0.341 e. The van der Waals surface area contributed by atoms with Gasteiger partial charge in [0, 0.05) is 6.20 Å². The van der Waals surface area contributed by atoms with Crippen LogP contribution >= 0.6 is 0 Å². The first-order valence-electron chi connectivity index (χ1n) is 7.36. The number of hydrogen-bond donors (Lipinski definition) is 2. The van der Waals surface area contributed by atoms with Gasteiger partial charge in [-0.05, 0) is 37.1 Å². The monoisotopic (exact) mass is 294 g/mol. The average Bonchev–Trinajstić information content (AvgIpc) is 2.97. The number of nitrogens with zero attached hydrogens (tertiary/aromatic N) is 2. The van der Waals surface area contributed by atoms with Gasteiger partial charge >= 0.3 is 0 Å². The second kappa shape index (κ2) is 5.97. The second-order valence-corrected chi connectivity index (χ2v) is 5.24. The number of pyridine rings is 1. The third-order valence-electron chi connectivity index (χ3n) is 3.70. The molecule has 0 spiro atoms. The Bertz CT molecular complexity index is 776. The van der Waals surface area contributed by atoms with Crippen LogP contribution in [0, 0.1) is 6.92 Å².